The van der Waals surface area contributed by atoms with E-state index in [9.17, 15) is 26.7 Å². The van der Waals surface area contributed by atoms with Crippen LogP contribution in [0.5, 0.6) is 0 Å². The number of nitrogens with one attached hydrogen (secondary N) is 1. The molecule has 2 N–H and O–H groups in total. The average molecular weight is 389 g/mol. The quantitative estimate of drug-likeness (QED) is 0.840. The predicted molar refractivity (Wildman–Crippen MR) is 88.2 cm³/mol. The maximum atomic E-state index is 12.6. The molecular formula is C16H18F3N3O3S. The molecule has 0 amide bonds. The molecule has 0 radical (unpaired) electrons. The average Bonchev–Trinajstić information content (AvgIpc) is 3.15. The highest BCUT2D eigenvalue weighted by Gasteiger charge is 2.46. The molecule has 1 aromatic carbocycles. The lowest BCUT2D eigenvalue weighted by Gasteiger charge is -2.35. The summed E-state index contributed by atoms with van der Waals surface area (Å²) in [6.07, 6.45) is 3.90. The molecule has 142 valence electrons. The molecule has 26 heavy (non-hydrogen) atoms. The lowest BCUT2D eigenvalue weighted by Crippen LogP contribution is -2.35. The second-order valence-corrected chi connectivity index (χ2v) is 8.13. The van der Waals surface area contributed by atoms with Crippen LogP contribution in [0, 0.1) is 5.92 Å². The number of hydrogen-bond acceptors (Lipinski definition) is 5. The Morgan fingerprint density at radius 3 is 2.31 bits per heavy atom. The number of H-pyrrole nitrogens is 1. The van der Waals surface area contributed by atoms with Gasteiger partial charge in [-0.25, -0.2) is 13.4 Å². The van der Waals surface area contributed by atoms with Crippen molar-refractivity contribution in [1.82, 2.24) is 9.97 Å². The highest BCUT2D eigenvalue weighted by Crippen LogP contribution is 2.33. The van der Waals surface area contributed by atoms with Crippen molar-refractivity contribution in [3.8, 4) is 0 Å². The second-order valence-electron chi connectivity index (χ2n) is 6.19. The molecular weight excluding hydrogens is 371 g/mol. The zero-order valence-electron chi connectivity index (χ0n) is 13.6. The van der Waals surface area contributed by atoms with E-state index in [2.05, 4.69) is 9.97 Å². The van der Waals surface area contributed by atoms with Crippen LogP contribution in [0.3, 0.4) is 0 Å². The molecule has 6 nitrogen and oxygen atoms in total. The van der Waals surface area contributed by atoms with E-state index in [1.54, 1.807) is 12.4 Å². The number of anilines is 1. The summed E-state index contributed by atoms with van der Waals surface area (Å²) in [5.74, 6) is 0.549. The summed E-state index contributed by atoms with van der Waals surface area (Å²) in [6, 6.07) is 4.70. The van der Waals surface area contributed by atoms with Crippen LogP contribution >= 0.6 is 0 Å². The number of imidazole rings is 1. The van der Waals surface area contributed by atoms with Crippen molar-refractivity contribution in [1.29, 1.82) is 0 Å². The number of sulfone groups is 1. The lowest BCUT2D eigenvalue weighted by atomic mass is 9.90. The highest BCUT2D eigenvalue weighted by atomic mass is 32.2. The molecule has 1 saturated heterocycles. The van der Waals surface area contributed by atoms with Gasteiger partial charge >= 0.3 is 5.51 Å². The Morgan fingerprint density at radius 2 is 1.81 bits per heavy atom. The van der Waals surface area contributed by atoms with Crippen molar-refractivity contribution in [2.45, 2.75) is 29.3 Å². The van der Waals surface area contributed by atoms with Gasteiger partial charge in [0, 0.05) is 31.2 Å². The number of alkyl halides is 3. The highest BCUT2D eigenvalue weighted by molar-refractivity contribution is 7.92. The maximum absolute atomic E-state index is 12.6. The van der Waals surface area contributed by atoms with Gasteiger partial charge in [-0.2, -0.15) is 13.2 Å². The molecule has 10 heteroatoms. The summed E-state index contributed by atoms with van der Waals surface area (Å²) in [5.41, 5.74) is -4.66. The van der Waals surface area contributed by atoms with Crippen LogP contribution in [0.2, 0.25) is 0 Å². The standard InChI is InChI=1S/C16H18F3N3O3S/c17-16(18,19)26(24,25)13-3-1-12(2-4-13)22-9-5-11(6-10-22)14(23)15-20-7-8-21-15/h1-4,7-8,11,14,23H,5-6,9-10H2,(H,20,21). The van der Waals surface area contributed by atoms with Crippen molar-refractivity contribution in [2.24, 2.45) is 5.92 Å². The molecule has 1 unspecified atom stereocenters. The van der Waals surface area contributed by atoms with Gasteiger partial charge in [-0.05, 0) is 43.0 Å². The molecule has 0 saturated carbocycles. The Kier molecular flexibility index (Phi) is 4.98. The van der Waals surface area contributed by atoms with E-state index in [1.807, 2.05) is 4.90 Å². The maximum Gasteiger partial charge on any atom is 0.501 e. The SMILES string of the molecule is O=S(=O)(c1ccc(N2CCC(C(O)c3ncc[nH]3)CC2)cc1)C(F)(F)F. The molecule has 2 aromatic rings. The van der Waals surface area contributed by atoms with E-state index in [0.717, 1.165) is 12.1 Å². The third-order valence-corrected chi connectivity index (χ3v) is 6.10. The molecule has 1 aliphatic rings. The van der Waals surface area contributed by atoms with Gasteiger partial charge in [0.1, 0.15) is 11.9 Å². The summed E-state index contributed by atoms with van der Waals surface area (Å²) in [7, 11) is -5.33. The lowest BCUT2D eigenvalue weighted by molar-refractivity contribution is -0.0436. The molecule has 3 rings (SSSR count). The van der Waals surface area contributed by atoms with Crippen molar-refractivity contribution in [3.63, 3.8) is 0 Å². The van der Waals surface area contributed by atoms with Gasteiger partial charge in [-0.3, -0.25) is 0 Å². The molecule has 1 aromatic heterocycles. The zero-order chi connectivity index (χ0) is 18.9. The van der Waals surface area contributed by atoms with Gasteiger partial charge in [-0.15, -0.1) is 0 Å². The van der Waals surface area contributed by atoms with Gasteiger partial charge in [0.25, 0.3) is 9.84 Å². The van der Waals surface area contributed by atoms with Crippen LogP contribution in [0.15, 0.2) is 41.6 Å². The van der Waals surface area contributed by atoms with Gasteiger partial charge < -0.3 is 15.0 Å². The Labute approximate surface area is 148 Å². The number of aromatic nitrogens is 2. The molecule has 0 spiro atoms. The molecule has 1 atom stereocenters. The Hall–Kier alpha value is -2.07. The summed E-state index contributed by atoms with van der Waals surface area (Å²) < 4.78 is 60.5. The minimum absolute atomic E-state index is 0.0299. The normalized spacial score (nSPS) is 18.1. The first kappa shape index (κ1) is 18.7. The minimum atomic E-state index is -5.33. The first-order chi connectivity index (χ1) is 12.2. The van der Waals surface area contributed by atoms with E-state index in [-0.39, 0.29) is 5.92 Å². The van der Waals surface area contributed by atoms with Crippen molar-refractivity contribution in [3.05, 3.63) is 42.5 Å². The number of nitrogens with zero attached hydrogens (tertiary/aromatic N) is 2. The van der Waals surface area contributed by atoms with E-state index in [4.69, 9.17) is 0 Å². The van der Waals surface area contributed by atoms with Gasteiger partial charge in [-0.1, -0.05) is 0 Å². The van der Waals surface area contributed by atoms with E-state index >= 15 is 0 Å². The third-order valence-electron chi connectivity index (χ3n) is 4.60. The Bertz CT molecular complexity index is 828. The van der Waals surface area contributed by atoms with Gasteiger partial charge in [0.05, 0.1) is 4.90 Å². The number of aliphatic hydroxyl groups excluding tert-OH is 1. The zero-order valence-corrected chi connectivity index (χ0v) is 14.5. The number of benzene rings is 1. The number of hydrogen-bond donors (Lipinski definition) is 2. The largest absolute Gasteiger partial charge is 0.501 e. The predicted octanol–water partition coefficient (Wildman–Crippen LogP) is 2.65. The van der Waals surface area contributed by atoms with Crippen molar-refractivity contribution < 1.29 is 26.7 Å². The third kappa shape index (κ3) is 3.56. The second kappa shape index (κ2) is 6.92. The molecule has 0 aliphatic carbocycles. The first-order valence-electron chi connectivity index (χ1n) is 8.04. The molecule has 1 fully saturated rings. The van der Waals surface area contributed by atoms with Crippen LogP contribution in [-0.4, -0.2) is 42.1 Å². The van der Waals surface area contributed by atoms with Crippen molar-refractivity contribution in [2.75, 3.05) is 18.0 Å². The van der Waals surface area contributed by atoms with Crippen LogP contribution in [-0.2, 0) is 9.84 Å². The van der Waals surface area contributed by atoms with E-state index in [0.29, 0.717) is 37.4 Å². The summed E-state index contributed by atoms with van der Waals surface area (Å²) in [4.78, 5) is 8.13. The number of halogens is 3. The fourth-order valence-corrected chi connectivity index (χ4v) is 3.87. The van der Waals surface area contributed by atoms with Crippen LogP contribution in [0.1, 0.15) is 24.8 Å². The minimum Gasteiger partial charge on any atom is -0.385 e. The fraction of sp³-hybridized carbons (Fsp3) is 0.438. The number of aliphatic hydroxyl groups is 1. The molecule has 0 bridgehead atoms. The Morgan fingerprint density at radius 1 is 1.19 bits per heavy atom. The van der Waals surface area contributed by atoms with E-state index < -0.39 is 26.3 Å². The van der Waals surface area contributed by atoms with Crippen molar-refractivity contribution >= 4 is 15.5 Å². The van der Waals surface area contributed by atoms with Crippen LogP contribution in [0.25, 0.3) is 0 Å². The number of aromatic amines is 1. The Balaban J connectivity index is 1.65. The van der Waals surface area contributed by atoms with Gasteiger partial charge in [0.15, 0.2) is 0 Å². The summed E-state index contributed by atoms with van der Waals surface area (Å²) in [5, 5.41) is 10.3. The van der Waals surface area contributed by atoms with E-state index in [1.165, 1.54) is 12.1 Å². The summed E-state index contributed by atoms with van der Waals surface area (Å²) in [6.45, 7) is 1.21. The topological polar surface area (TPSA) is 86.3 Å². The number of piperidine rings is 1. The summed E-state index contributed by atoms with van der Waals surface area (Å²) >= 11 is 0. The monoisotopic (exact) mass is 389 g/mol. The molecule has 2 heterocycles. The van der Waals surface area contributed by atoms with Crippen LogP contribution < -0.4 is 4.90 Å². The van der Waals surface area contributed by atoms with Gasteiger partial charge in [0.2, 0.25) is 0 Å². The smallest absolute Gasteiger partial charge is 0.385 e. The molecule has 1 aliphatic heterocycles. The first-order valence-corrected chi connectivity index (χ1v) is 9.52. The number of rotatable bonds is 4. The van der Waals surface area contributed by atoms with Crippen LogP contribution in [0.4, 0.5) is 18.9 Å². The fourth-order valence-electron chi connectivity index (χ4n) is 3.11.